The predicted octanol–water partition coefficient (Wildman–Crippen LogP) is 1.66. The molecule has 2 saturated carbocycles. The molecule has 18 heavy (non-hydrogen) atoms. The summed E-state index contributed by atoms with van der Waals surface area (Å²) in [6, 6.07) is 0. The van der Waals surface area contributed by atoms with Crippen LogP contribution in [-0.4, -0.2) is 43.3 Å². The van der Waals surface area contributed by atoms with Crippen molar-refractivity contribution in [3.63, 3.8) is 0 Å². The van der Waals surface area contributed by atoms with Crippen LogP contribution >= 0.6 is 0 Å². The van der Waals surface area contributed by atoms with Crippen molar-refractivity contribution in [1.82, 2.24) is 0 Å². The summed E-state index contributed by atoms with van der Waals surface area (Å²) in [5.74, 6) is 0. The van der Waals surface area contributed by atoms with Crippen LogP contribution in [0.5, 0.6) is 0 Å². The molecule has 2 aliphatic carbocycles. The van der Waals surface area contributed by atoms with Gasteiger partial charge in [-0.25, -0.2) is 8.42 Å². The fourth-order valence-electron chi connectivity index (χ4n) is 3.07. The van der Waals surface area contributed by atoms with Gasteiger partial charge in [0.2, 0.25) is 0 Å². The van der Waals surface area contributed by atoms with Crippen molar-refractivity contribution < 1.29 is 18.3 Å². The third-order valence-corrected chi connectivity index (χ3v) is 5.85. The zero-order valence-electron chi connectivity index (χ0n) is 11.0. The van der Waals surface area contributed by atoms with Crippen LogP contribution in [0.4, 0.5) is 0 Å². The Hall–Kier alpha value is -0.130. The first kappa shape index (κ1) is 14.3. The van der Waals surface area contributed by atoms with E-state index < -0.39 is 9.84 Å². The molecule has 2 rings (SSSR count). The van der Waals surface area contributed by atoms with Crippen LogP contribution in [0.2, 0.25) is 0 Å². The van der Waals surface area contributed by atoms with Gasteiger partial charge in [0.05, 0.1) is 23.6 Å². The molecule has 0 aromatic rings. The summed E-state index contributed by atoms with van der Waals surface area (Å²) in [6.45, 7) is 0. The molecular weight excluding hydrogens is 252 g/mol. The largest absolute Gasteiger partial charge is 0.393 e. The van der Waals surface area contributed by atoms with Gasteiger partial charge in [-0.15, -0.1) is 0 Å². The molecule has 2 unspecified atom stereocenters. The fraction of sp³-hybridized carbons (Fsp3) is 1.00. The summed E-state index contributed by atoms with van der Waals surface area (Å²) in [6.07, 6.45) is 8.26. The van der Waals surface area contributed by atoms with E-state index in [-0.39, 0.29) is 23.6 Å². The van der Waals surface area contributed by atoms with Crippen molar-refractivity contribution in [2.75, 3.05) is 6.26 Å². The van der Waals surface area contributed by atoms with Gasteiger partial charge in [-0.3, -0.25) is 0 Å². The van der Waals surface area contributed by atoms with Crippen LogP contribution in [0.1, 0.15) is 51.4 Å². The average Bonchev–Trinajstić information content (AvgIpc) is 2.31. The van der Waals surface area contributed by atoms with Gasteiger partial charge in [-0.05, 0) is 51.4 Å². The Kier molecular flexibility index (Phi) is 4.67. The lowest BCUT2D eigenvalue weighted by atomic mass is 9.93. The van der Waals surface area contributed by atoms with Gasteiger partial charge in [0, 0.05) is 6.26 Å². The molecule has 0 aliphatic heterocycles. The molecule has 5 heteroatoms. The molecule has 0 heterocycles. The molecule has 4 nitrogen and oxygen atoms in total. The maximum absolute atomic E-state index is 11.6. The Bertz CT molecular complexity index is 357. The monoisotopic (exact) mass is 276 g/mol. The van der Waals surface area contributed by atoms with Crippen molar-refractivity contribution in [3.05, 3.63) is 0 Å². The first-order valence-electron chi connectivity index (χ1n) is 6.97. The lowest BCUT2D eigenvalue weighted by Gasteiger charge is -2.33. The van der Waals surface area contributed by atoms with E-state index in [0.29, 0.717) is 6.42 Å². The fourth-order valence-corrected chi connectivity index (χ4v) is 4.23. The topological polar surface area (TPSA) is 63.6 Å². The van der Waals surface area contributed by atoms with Crippen LogP contribution in [0, 0.1) is 0 Å². The average molecular weight is 276 g/mol. The summed E-state index contributed by atoms with van der Waals surface area (Å²) in [5.41, 5.74) is 0. The van der Waals surface area contributed by atoms with Crippen LogP contribution < -0.4 is 0 Å². The van der Waals surface area contributed by atoms with Gasteiger partial charge in [-0.2, -0.15) is 0 Å². The molecule has 0 radical (unpaired) electrons. The SMILES string of the molecule is CS(=O)(=O)C1CCCC(OC2CCC(O)CC2)C1. The Balaban J connectivity index is 1.83. The molecule has 0 bridgehead atoms. The summed E-state index contributed by atoms with van der Waals surface area (Å²) < 4.78 is 29.2. The molecule has 0 saturated heterocycles. The lowest BCUT2D eigenvalue weighted by molar-refractivity contribution is -0.0595. The molecule has 2 atom stereocenters. The quantitative estimate of drug-likeness (QED) is 0.851. The van der Waals surface area contributed by atoms with Gasteiger partial charge < -0.3 is 9.84 Å². The molecule has 106 valence electrons. The first-order chi connectivity index (χ1) is 8.45. The summed E-state index contributed by atoms with van der Waals surface area (Å²) >= 11 is 0. The van der Waals surface area contributed by atoms with E-state index in [4.69, 9.17) is 4.74 Å². The van der Waals surface area contributed by atoms with Gasteiger partial charge in [0.25, 0.3) is 0 Å². The number of sulfone groups is 1. The number of rotatable bonds is 3. The van der Waals surface area contributed by atoms with E-state index in [1.165, 1.54) is 6.26 Å². The Morgan fingerprint density at radius 3 is 2.28 bits per heavy atom. The number of ether oxygens (including phenoxy) is 1. The van der Waals surface area contributed by atoms with Gasteiger partial charge in [0.1, 0.15) is 9.84 Å². The van der Waals surface area contributed by atoms with E-state index >= 15 is 0 Å². The second-order valence-corrected chi connectivity index (χ2v) is 8.13. The molecule has 2 aliphatic rings. The lowest BCUT2D eigenvalue weighted by Crippen LogP contribution is -2.35. The summed E-state index contributed by atoms with van der Waals surface area (Å²) in [4.78, 5) is 0. The molecule has 0 aromatic carbocycles. The molecule has 0 spiro atoms. The van der Waals surface area contributed by atoms with Crippen molar-refractivity contribution in [2.45, 2.75) is 74.9 Å². The number of hydrogen-bond donors (Lipinski definition) is 1. The highest BCUT2D eigenvalue weighted by molar-refractivity contribution is 7.91. The Morgan fingerprint density at radius 2 is 1.67 bits per heavy atom. The second-order valence-electron chi connectivity index (χ2n) is 5.81. The third kappa shape index (κ3) is 3.93. The van der Waals surface area contributed by atoms with E-state index in [1.807, 2.05) is 0 Å². The van der Waals surface area contributed by atoms with Gasteiger partial charge in [0.15, 0.2) is 0 Å². The normalized spacial score (nSPS) is 38.6. The summed E-state index contributed by atoms with van der Waals surface area (Å²) in [5, 5.41) is 9.23. The van der Waals surface area contributed by atoms with Crippen LogP contribution in [0.15, 0.2) is 0 Å². The highest BCUT2D eigenvalue weighted by Gasteiger charge is 2.31. The molecule has 0 amide bonds. The second kappa shape index (κ2) is 5.88. The maximum Gasteiger partial charge on any atom is 0.150 e. The smallest absolute Gasteiger partial charge is 0.150 e. The Labute approximate surface area is 110 Å². The van der Waals surface area contributed by atoms with E-state index in [9.17, 15) is 13.5 Å². The molecular formula is C13H24O4S. The highest BCUT2D eigenvalue weighted by Crippen LogP contribution is 2.29. The van der Waals surface area contributed by atoms with Crippen LogP contribution in [-0.2, 0) is 14.6 Å². The number of hydrogen-bond acceptors (Lipinski definition) is 4. The van der Waals surface area contributed by atoms with Crippen molar-refractivity contribution in [3.8, 4) is 0 Å². The zero-order valence-corrected chi connectivity index (χ0v) is 11.9. The van der Waals surface area contributed by atoms with Crippen molar-refractivity contribution >= 4 is 9.84 Å². The standard InChI is InChI=1S/C13H24O4S/c1-18(15,16)13-4-2-3-12(9-13)17-11-7-5-10(14)6-8-11/h10-14H,2-9H2,1H3. The molecule has 2 fully saturated rings. The molecule has 0 aromatic heterocycles. The summed E-state index contributed by atoms with van der Waals surface area (Å²) in [7, 11) is -2.93. The van der Waals surface area contributed by atoms with Crippen LogP contribution in [0.3, 0.4) is 0 Å². The number of aliphatic hydroxyl groups is 1. The third-order valence-electron chi connectivity index (χ3n) is 4.21. The predicted molar refractivity (Wildman–Crippen MR) is 70.2 cm³/mol. The molecule has 1 N–H and O–H groups in total. The minimum absolute atomic E-state index is 0.0960. The van der Waals surface area contributed by atoms with Gasteiger partial charge in [-0.1, -0.05) is 0 Å². The highest BCUT2D eigenvalue weighted by atomic mass is 32.2. The van der Waals surface area contributed by atoms with Crippen molar-refractivity contribution in [1.29, 1.82) is 0 Å². The Morgan fingerprint density at radius 1 is 1.00 bits per heavy atom. The number of aliphatic hydroxyl groups excluding tert-OH is 1. The maximum atomic E-state index is 11.6. The van der Waals surface area contributed by atoms with E-state index in [0.717, 1.165) is 44.9 Å². The van der Waals surface area contributed by atoms with Crippen molar-refractivity contribution in [2.24, 2.45) is 0 Å². The van der Waals surface area contributed by atoms with E-state index in [1.54, 1.807) is 0 Å². The van der Waals surface area contributed by atoms with E-state index in [2.05, 4.69) is 0 Å². The first-order valence-corrected chi connectivity index (χ1v) is 8.93. The zero-order chi connectivity index (χ0) is 13.2. The minimum Gasteiger partial charge on any atom is -0.393 e. The minimum atomic E-state index is -2.93. The van der Waals surface area contributed by atoms with Crippen LogP contribution in [0.25, 0.3) is 0 Å². The van der Waals surface area contributed by atoms with Gasteiger partial charge >= 0.3 is 0 Å².